The molecule has 0 amide bonds. The van der Waals surface area contributed by atoms with E-state index in [2.05, 4.69) is 31.2 Å². The molecule has 0 radical (unpaired) electrons. The first-order chi connectivity index (χ1) is 16.1. The molecular formula is C30H38F2O. The van der Waals surface area contributed by atoms with Crippen molar-refractivity contribution < 1.29 is 13.5 Å². The van der Waals surface area contributed by atoms with Gasteiger partial charge in [-0.1, -0.05) is 49.8 Å². The van der Waals surface area contributed by atoms with Crippen molar-refractivity contribution in [1.82, 2.24) is 0 Å². The number of hydrogen-bond donors (Lipinski definition) is 0. The molecule has 2 fully saturated rings. The van der Waals surface area contributed by atoms with Gasteiger partial charge >= 0.3 is 0 Å². The summed E-state index contributed by atoms with van der Waals surface area (Å²) in [5.74, 6) is 0.705. The third kappa shape index (κ3) is 5.67. The van der Waals surface area contributed by atoms with Crippen molar-refractivity contribution >= 4 is 0 Å². The lowest BCUT2D eigenvalue weighted by Crippen LogP contribution is -2.25. The topological polar surface area (TPSA) is 9.23 Å². The van der Waals surface area contributed by atoms with Crippen molar-refractivity contribution in [2.45, 2.75) is 89.9 Å². The van der Waals surface area contributed by atoms with Gasteiger partial charge < -0.3 is 4.74 Å². The highest BCUT2D eigenvalue weighted by Crippen LogP contribution is 2.46. The van der Waals surface area contributed by atoms with Gasteiger partial charge in [-0.05, 0) is 111 Å². The molecular weight excluding hydrogens is 414 g/mol. The molecule has 2 aromatic rings. The van der Waals surface area contributed by atoms with Crippen LogP contribution in [0.4, 0.5) is 8.78 Å². The molecule has 0 unspecified atom stereocenters. The van der Waals surface area contributed by atoms with Gasteiger partial charge in [0.15, 0.2) is 11.6 Å². The number of aryl methyl sites for hydroxylation is 1. The molecule has 0 heterocycles. The van der Waals surface area contributed by atoms with Crippen molar-refractivity contribution in [1.29, 1.82) is 0 Å². The Labute approximate surface area is 198 Å². The first kappa shape index (κ1) is 24.0. The van der Waals surface area contributed by atoms with E-state index < -0.39 is 11.6 Å². The fourth-order valence-corrected chi connectivity index (χ4v) is 6.17. The van der Waals surface area contributed by atoms with Gasteiger partial charge in [0.25, 0.3) is 0 Å². The first-order valence-electron chi connectivity index (χ1n) is 12.9. The molecule has 2 aromatic carbocycles. The van der Waals surface area contributed by atoms with Crippen molar-refractivity contribution in [3.05, 3.63) is 77.1 Å². The Morgan fingerprint density at radius 2 is 1.39 bits per heavy atom. The van der Waals surface area contributed by atoms with Crippen LogP contribution in [-0.2, 0) is 6.42 Å². The Morgan fingerprint density at radius 3 is 1.97 bits per heavy atom. The molecule has 33 heavy (non-hydrogen) atoms. The zero-order chi connectivity index (χ0) is 23.2. The summed E-state index contributed by atoms with van der Waals surface area (Å²) < 4.78 is 34.3. The van der Waals surface area contributed by atoms with E-state index in [1.165, 1.54) is 55.9 Å². The van der Waals surface area contributed by atoms with E-state index in [1.807, 2.05) is 0 Å². The second-order valence-electron chi connectivity index (χ2n) is 10.1. The van der Waals surface area contributed by atoms with Crippen LogP contribution in [-0.4, -0.2) is 0 Å². The predicted molar refractivity (Wildman–Crippen MR) is 132 cm³/mol. The van der Waals surface area contributed by atoms with Gasteiger partial charge in [0.1, 0.15) is 0 Å². The number of halogens is 2. The van der Waals surface area contributed by atoms with Gasteiger partial charge in [-0.25, -0.2) is 4.39 Å². The zero-order valence-corrected chi connectivity index (χ0v) is 20.2. The maximum Gasteiger partial charge on any atom is 0.201 e. The minimum atomic E-state index is -0.867. The van der Waals surface area contributed by atoms with Crippen molar-refractivity contribution in [3.63, 3.8) is 0 Å². The smallest absolute Gasteiger partial charge is 0.201 e. The Hall–Kier alpha value is -2.16. The fraction of sp³-hybridized carbons (Fsp3) is 0.533. The third-order valence-corrected chi connectivity index (χ3v) is 8.05. The molecule has 0 N–H and O–H groups in total. The molecule has 0 aliphatic heterocycles. The number of allylic oxidation sites excluding steroid dienone is 1. The molecule has 3 heteroatoms. The van der Waals surface area contributed by atoms with E-state index >= 15 is 0 Å². The van der Waals surface area contributed by atoms with Crippen LogP contribution in [0.5, 0.6) is 5.75 Å². The van der Waals surface area contributed by atoms with Crippen molar-refractivity contribution in [2.75, 3.05) is 0 Å². The van der Waals surface area contributed by atoms with Crippen molar-refractivity contribution in [3.8, 4) is 5.75 Å². The minimum absolute atomic E-state index is 0.0419. The van der Waals surface area contributed by atoms with Crippen LogP contribution >= 0.6 is 0 Å². The standard InChI is InChI=1S/C30H38F2O/c1-3-5-21-6-8-22(9-7-21)23-10-12-24(13-11-23)25-14-16-26(17-15-25)27-18-19-28(33-20-4-2)30(32)29(27)31/h4,6-9,18-20,23-26H,3,5,10-17H2,1-2H3. The quantitative estimate of drug-likeness (QED) is 0.381. The summed E-state index contributed by atoms with van der Waals surface area (Å²) in [5, 5.41) is 0. The SMILES string of the molecule is CC=COc1ccc(C2CCC(C3CCC(c4ccc(CCC)cc4)CC3)CC2)c(F)c1F. The zero-order valence-electron chi connectivity index (χ0n) is 20.2. The molecule has 2 saturated carbocycles. The fourth-order valence-electron chi connectivity index (χ4n) is 6.17. The highest BCUT2D eigenvalue weighted by atomic mass is 19.2. The number of ether oxygens (including phenoxy) is 1. The summed E-state index contributed by atoms with van der Waals surface area (Å²) in [6.07, 6.45) is 14.7. The number of hydrogen-bond acceptors (Lipinski definition) is 1. The average molecular weight is 453 g/mol. The monoisotopic (exact) mass is 452 g/mol. The summed E-state index contributed by atoms with van der Waals surface area (Å²) in [6.45, 7) is 4.01. The van der Waals surface area contributed by atoms with Gasteiger partial charge in [-0.3, -0.25) is 0 Å². The Bertz CT molecular complexity index is 917. The Morgan fingerprint density at radius 1 is 0.788 bits per heavy atom. The normalized spacial score (nSPS) is 25.9. The molecule has 0 saturated heterocycles. The number of benzene rings is 2. The van der Waals surface area contributed by atoms with Gasteiger partial charge in [0, 0.05) is 0 Å². The Balaban J connectivity index is 1.29. The highest BCUT2D eigenvalue weighted by molar-refractivity contribution is 5.34. The van der Waals surface area contributed by atoms with Gasteiger partial charge in [0.2, 0.25) is 5.82 Å². The molecule has 0 bridgehead atoms. The second kappa shape index (κ2) is 11.3. The summed E-state index contributed by atoms with van der Waals surface area (Å²) in [7, 11) is 0. The molecule has 1 nitrogen and oxygen atoms in total. The van der Waals surface area contributed by atoms with E-state index in [1.54, 1.807) is 25.1 Å². The molecule has 0 atom stereocenters. The van der Waals surface area contributed by atoms with E-state index in [9.17, 15) is 8.78 Å². The number of rotatable bonds is 7. The van der Waals surface area contributed by atoms with Gasteiger partial charge in [-0.15, -0.1) is 0 Å². The van der Waals surface area contributed by atoms with Crippen LogP contribution in [0.25, 0.3) is 0 Å². The Kier molecular flexibility index (Phi) is 8.22. The molecule has 4 rings (SSSR count). The maximum absolute atomic E-state index is 14.7. The minimum Gasteiger partial charge on any atom is -0.462 e. The largest absolute Gasteiger partial charge is 0.462 e. The van der Waals surface area contributed by atoms with E-state index in [4.69, 9.17) is 4.74 Å². The lowest BCUT2D eigenvalue weighted by Gasteiger charge is -2.38. The first-order valence-corrected chi connectivity index (χ1v) is 12.9. The van der Waals surface area contributed by atoms with Gasteiger partial charge in [-0.2, -0.15) is 4.39 Å². The second-order valence-corrected chi connectivity index (χ2v) is 10.1. The molecule has 178 valence electrons. The predicted octanol–water partition coefficient (Wildman–Crippen LogP) is 9.08. The van der Waals surface area contributed by atoms with E-state index in [0.29, 0.717) is 11.5 Å². The van der Waals surface area contributed by atoms with E-state index in [0.717, 1.165) is 37.5 Å². The molecule has 2 aliphatic rings. The van der Waals surface area contributed by atoms with Crippen LogP contribution in [0.2, 0.25) is 0 Å². The summed E-state index contributed by atoms with van der Waals surface area (Å²) in [6, 6.07) is 12.6. The third-order valence-electron chi connectivity index (χ3n) is 8.05. The van der Waals surface area contributed by atoms with Crippen LogP contribution in [0.1, 0.15) is 100 Å². The molecule has 0 spiro atoms. The van der Waals surface area contributed by atoms with Crippen LogP contribution in [0, 0.1) is 23.5 Å². The lowest BCUT2D eigenvalue weighted by molar-refractivity contribution is 0.176. The summed E-state index contributed by atoms with van der Waals surface area (Å²) in [5.41, 5.74) is 3.48. The average Bonchev–Trinajstić information content (AvgIpc) is 2.86. The lowest BCUT2D eigenvalue weighted by atomic mass is 9.67. The van der Waals surface area contributed by atoms with Crippen molar-refractivity contribution in [2.24, 2.45) is 11.8 Å². The maximum atomic E-state index is 14.7. The molecule has 0 aromatic heterocycles. The highest BCUT2D eigenvalue weighted by Gasteiger charge is 2.33. The van der Waals surface area contributed by atoms with Crippen LogP contribution in [0.15, 0.2) is 48.7 Å². The summed E-state index contributed by atoms with van der Waals surface area (Å²) >= 11 is 0. The summed E-state index contributed by atoms with van der Waals surface area (Å²) in [4.78, 5) is 0. The van der Waals surface area contributed by atoms with Crippen LogP contribution < -0.4 is 4.74 Å². The van der Waals surface area contributed by atoms with Gasteiger partial charge in [0.05, 0.1) is 6.26 Å². The van der Waals surface area contributed by atoms with E-state index in [-0.39, 0.29) is 11.7 Å². The van der Waals surface area contributed by atoms with Crippen LogP contribution in [0.3, 0.4) is 0 Å². The molecule has 2 aliphatic carbocycles.